The van der Waals surface area contributed by atoms with Gasteiger partial charge in [-0.15, -0.1) is 0 Å². The Hall–Kier alpha value is -3.42. The molecular weight excluding hydrogens is 537 g/mol. The third kappa shape index (κ3) is 4.18. The van der Waals surface area contributed by atoms with E-state index in [9.17, 15) is 48.0 Å². The van der Waals surface area contributed by atoms with Crippen LogP contribution in [0, 0.1) is 11.8 Å². The van der Waals surface area contributed by atoms with Gasteiger partial charge in [0, 0.05) is 44.7 Å². The molecule has 0 saturated carbocycles. The van der Waals surface area contributed by atoms with Gasteiger partial charge < -0.3 is 30.9 Å². The van der Waals surface area contributed by atoms with Crippen LogP contribution in [0.1, 0.15) is 52.7 Å². The van der Waals surface area contributed by atoms with Crippen LogP contribution in [0.2, 0.25) is 0 Å². The van der Waals surface area contributed by atoms with E-state index in [1.165, 1.54) is 0 Å². The van der Waals surface area contributed by atoms with Gasteiger partial charge in [-0.3, -0.25) is 19.3 Å². The fourth-order valence-electron chi connectivity index (χ4n) is 6.78. The van der Waals surface area contributed by atoms with Gasteiger partial charge in [0.25, 0.3) is 5.91 Å². The lowest BCUT2D eigenvalue weighted by Crippen LogP contribution is -2.57. The van der Waals surface area contributed by atoms with Crippen molar-refractivity contribution in [1.82, 2.24) is 4.90 Å². The number of primary amides is 1. The average Bonchev–Trinajstić information content (AvgIpc) is 2.85. The van der Waals surface area contributed by atoms with E-state index < -0.39 is 99.0 Å². The Kier molecular flexibility index (Phi) is 6.75. The number of Topliss-reactive ketones (excluding diaryl/α,β-unsaturated/α-hetero) is 2. The number of hydrogen-bond donors (Lipinski definition) is 5. The number of carbonyl (C=O) groups excluding carboxylic acids is 3. The third-order valence-electron chi connectivity index (χ3n) is 8.69. The number of piperidine rings is 1. The van der Waals surface area contributed by atoms with Crippen LogP contribution >= 0.6 is 0 Å². The Balaban J connectivity index is 1.60. The van der Waals surface area contributed by atoms with E-state index in [1.807, 2.05) is 4.90 Å². The Morgan fingerprint density at radius 2 is 1.82 bits per heavy atom. The lowest BCUT2D eigenvalue weighted by molar-refractivity contribution is -0.144. The molecule has 40 heavy (non-hydrogen) atoms. The Labute approximate surface area is 226 Å². The molecule has 1 fully saturated rings. The molecule has 6 N–H and O–H groups in total. The summed E-state index contributed by atoms with van der Waals surface area (Å²) < 4.78 is 49.0. The number of aliphatic hydroxyl groups excluding tert-OH is 2. The summed E-state index contributed by atoms with van der Waals surface area (Å²) in [4.78, 5) is 40.2. The van der Waals surface area contributed by atoms with Crippen LogP contribution in [0.15, 0.2) is 28.7 Å². The number of phenolic OH excluding ortho intramolecular Hbond substituents is 1. The number of allylic oxidation sites excluding steroid dienone is 2. The lowest BCUT2D eigenvalue weighted by Gasteiger charge is -2.45. The fourth-order valence-corrected chi connectivity index (χ4v) is 6.78. The van der Waals surface area contributed by atoms with Crippen LogP contribution < -0.4 is 5.73 Å². The summed E-state index contributed by atoms with van der Waals surface area (Å²) in [6.07, 6.45) is -4.75. The molecule has 1 aliphatic heterocycles. The molecular formula is C27H29F3N2O8. The number of amides is 1. The lowest BCUT2D eigenvalue weighted by atomic mass is 9.60. The number of nitrogens with zero attached hydrogens (tertiary/aromatic N) is 1. The molecule has 1 saturated heterocycles. The number of benzene rings is 1. The number of likely N-dealkylation sites (tertiary alicyclic amines) is 1. The number of ether oxygens (including phenoxy) is 1. The predicted octanol–water partition coefficient (Wildman–Crippen LogP) is 2.21. The number of methoxy groups -OCH3 is 1. The Bertz CT molecular complexity index is 1380. The molecule has 3 aliphatic carbocycles. The smallest absolute Gasteiger partial charge is 0.417 e. The van der Waals surface area contributed by atoms with Crippen molar-refractivity contribution >= 4 is 17.5 Å². The summed E-state index contributed by atoms with van der Waals surface area (Å²) in [6.45, 7) is 0.841. The second-order valence-corrected chi connectivity index (χ2v) is 10.9. The maximum absolute atomic E-state index is 14.6. The number of hydrogen-bond acceptors (Lipinski definition) is 9. The molecule has 0 aromatic heterocycles. The van der Waals surface area contributed by atoms with Gasteiger partial charge in [0.1, 0.15) is 22.8 Å². The number of fused-ring (bicyclic) bond motifs is 3. The minimum Gasteiger partial charge on any atom is -0.511 e. The first-order valence-electron chi connectivity index (χ1n) is 12.9. The molecule has 1 amide bonds. The first-order valence-corrected chi connectivity index (χ1v) is 12.9. The van der Waals surface area contributed by atoms with Gasteiger partial charge in [0.05, 0.1) is 17.2 Å². The van der Waals surface area contributed by atoms with Crippen molar-refractivity contribution < 1.29 is 52.7 Å². The van der Waals surface area contributed by atoms with Crippen LogP contribution in [-0.4, -0.2) is 74.7 Å². The van der Waals surface area contributed by atoms with E-state index in [4.69, 9.17) is 10.5 Å². The summed E-state index contributed by atoms with van der Waals surface area (Å²) in [6, 6.07) is 0.901. The number of carbonyl (C=O) groups is 3. The van der Waals surface area contributed by atoms with Crippen molar-refractivity contribution in [1.29, 1.82) is 0 Å². The van der Waals surface area contributed by atoms with Crippen molar-refractivity contribution in [3.05, 3.63) is 51.0 Å². The molecule has 1 heterocycles. The molecule has 1 aromatic carbocycles. The highest BCUT2D eigenvalue weighted by Crippen LogP contribution is 2.53. The van der Waals surface area contributed by atoms with Crippen molar-refractivity contribution in [2.24, 2.45) is 17.6 Å². The van der Waals surface area contributed by atoms with Crippen LogP contribution in [-0.2, 0) is 33.5 Å². The zero-order chi connectivity index (χ0) is 29.3. The van der Waals surface area contributed by atoms with Crippen molar-refractivity contribution in [2.75, 3.05) is 20.2 Å². The van der Waals surface area contributed by atoms with Gasteiger partial charge in [-0.25, -0.2) is 0 Å². The molecule has 0 radical (unpaired) electrons. The van der Waals surface area contributed by atoms with E-state index in [-0.39, 0.29) is 24.6 Å². The fraction of sp³-hybridized carbons (Fsp3) is 0.519. The number of alkyl halides is 3. The first-order chi connectivity index (χ1) is 18.7. The number of nitrogens with two attached hydrogens (primary N) is 1. The number of aliphatic hydroxyl groups is 3. The van der Waals surface area contributed by atoms with Gasteiger partial charge in [0.2, 0.25) is 5.78 Å². The minimum absolute atomic E-state index is 0.00993. The van der Waals surface area contributed by atoms with E-state index in [0.717, 1.165) is 6.07 Å². The number of halogens is 3. The summed E-state index contributed by atoms with van der Waals surface area (Å²) in [5.74, 6) is -8.73. The molecule has 10 nitrogen and oxygen atoms in total. The maximum Gasteiger partial charge on any atom is 0.417 e. The summed E-state index contributed by atoms with van der Waals surface area (Å²) >= 11 is 0. The molecule has 1 unspecified atom stereocenters. The molecule has 0 spiro atoms. The van der Waals surface area contributed by atoms with Crippen LogP contribution in [0.5, 0.6) is 5.75 Å². The summed E-state index contributed by atoms with van der Waals surface area (Å²) in [5, 5.41) is 43.4. The monoisotopic (exact) mass is 566 g/mol. The molecule has 13 heteroatoms. The van der Waals surface area contributed by atoms with Gasteiger partial charge in [0.15, 0.2) is 11.4 Å². The van der Waals surface area contributed by atoms with Gasteiger partial charge in [-0.1, -0.05) is 0 Å². The predicted molar refractivity (Wildman–Crippen MR) is 131 cm³/mol. The van der Waals surface area contributed by atoms with Crippen molar-refractivity contribution in [3.8, 4) is 5.75 Å². The number of phenols is 1. The Morgan fingerprint density at radius 3 is 2.40 bits per heavy atom. The standard InChI is InChI=1S/C27H29F3N2O8/c1-40-14-2-4-32(5-3-14)10-12-8-16(33)19-15(21(12)27(28,29)30)7-11-6-13-9-17(34)20(25(31)38)24(37)26(13,39)23(36)18(11)22(19)35/h8,11,13-14,33-34,36,39H,2-7,9-10H2,1H3,(H2,31,38)/t11?,13-,26-/m0/s1. The SMILES string of the molecule is COC1CCN(Cc2cc(O)c3c(c2C(F)(F)F)CC2C[C@H]4CC(O)=C(C(N)=O)C(=O)[C@@]4(O)C(O)=C2C3=O)CC1. The largest absolute Gasteiger partial charge is 0.511 e. The second-order valence-electron chi connectivity index (χ2n) is 10.9. The van der Waals surface area contributed by atoms with E-state index in [0.29, 0.717) is 25.9 Å². The Morgan fingerprint density at radius 1 is 1.18 bits per heavy atom. The molecule has 3 atom stereocenters. The number of rotatable bonds is 4. The van der Waals surface area contributed by atoms with E-state index in [1.54, 1.807) is 7.11 Å². The second kappa shape index (κ2) is 9.60. The van der Waals surface area contributed by atoms with Crippen LogP contribution in [0.4, 0.5) is 13.2 Å². The zero-order valence-corrected chi connectivity index (χ0v) is 21.5. The summed E-state index contributed by atoms with van der Waals surface area (Å²) in [5.41, 5.74) is -1.38. The van der Waals surface area contributed by atoms with Gasteiger partial charge in [-0.05, 0) is 48.8 Å². The van der Waals surface area contributed by atoms with Gasteiger partial charge in [-0.2, -0.15) is 13.2 Å². The third-order valence-corrected chi connectivity index (χ3v) is 8.69. The summed E-state index contributed by atoms with van der Waals surface area (Å²) in [7, 11) is 1.57. The zero-order valence-electron chi connectivity index (χ0n) is 21.5. The molecule has 5 rings (SSSR count). The highest BCUT2D eigenvalue weighted by atomic mass is 19.4. The number of ketones is 2. The highest BCUT2D eigenvalue weighted by Gasteiger charge is 2.60. The molecule has 4 aliphatic rings. The topological polar surface area (TPSA) is 171 Å². The normalized spacial score (nSPS) is 27.9. The minimum atomic E-state index is -4.88. The first kappa shape index (κ1) is 28.1. The average molecular weight is 567 g/mol. The van der Waals surface area contributed by atoms with Gasteiger partial charge >= 0.3 is 6.18 Å². The number of aromatic hydroxyl groups is 1. The van der Waals surface area contributed by atoms with Crippen LogP contribution in [0.25, 0.3) is 0 Å². The van der Waals surface area contributed by atoms with Crippen LogP contribution in [0.3, 0.4) is 0 Å². The molecule has 216 valence electrons. The van der Waals surface area contributed by atoms with E-state index >= 15 is 0 Å². The van der Waals surface area contributed by atoms with Crippen molar-refractivity contribution in [2.45, 2.75) is 56.5 Å². The maximum atomic E-state index is 14.6. The molecule has 0 bridgehead atoms. The quantitative estimate of drug-likeness (QED) is 0.343. The molecule has 1 aromatic rings. The highest BCUT2D eigenvalue weighted by molar-refractivity contribution is 6.24. The van der Waals surface area contributed by atoms with Crippen molar-refractivity contribution in [3.63, 3.8) is 0 Å². The van der Waals surface area contributed by atoms with E-state index in [2.05, 4.69) is 0 Å².